The zero-order chi connectivity index (χ0) is 22.8. The maximum absolute atomic E-state index is 13.1. The molecule has 0 aliphatic heterocycles. The van der Waals surface area contributed by atoms with E-state index in [1.807, 2.05) is 36.4 Å². The van der Waals surface area contributed by atoms with E-state index in [-0.39, 0.29) is 17.1 Å². The highest BCUT2D eigenvalue weighted by molar-refractivity contribution is 7.99. The molecule has 0 spiro atoms. The molecule has 0 saturated carbocycles. The average Bonchev–Trinajstić information content (AvgIpc) is 3.22. The first-order valence-electron chi connectivity index (χ1n) is 11.0. The maximum Gasteiger partial charge on any atom is 0.262 e. The molecule has 1 aromatic heterocycles. The summed E-state index contributed by atoms with van der Waals surface area (Å²) in [6.07, 6.45) is 1.60. The van der Waals surface area contributed by atoms with Crippen molar-refractivity contribution in [2.45, 2.75) is 24.5 Å². The molecule has 4 aromatic rings. The van der Waals surface area contributed by atoms with Crippen molar-refractivity contribution in [1.82, 2.24) is 9.55 Å². The van der Waals surface area contributed by atoms with Gasteiger partial charge in [0.15, 0.2) is 10.9 Å². The summed E-state index contributed by atoms with van der Waals surface area (Å²) in [5, 5.41) is 1.15. The maximum atomic E-state index is 13.1. The summed E-state index contributed by atoms with van der Waals surface area (Å²) >= 11 is 1.32. The normalized spacial score (nSPS) is 12.0. The Labute approximate surface area is 196 Å². The lowest BCUT2D eigenvalue weighted by molar-refractivity contribution is 0.102. The predicted molar refractivity (Wildman–Crippen MR) is 132 cm³/mol. The zero-order valence-electron chi connectivity index (χ0n) is 18.4. The van der Waals surface area contributed by atoms with E-state index in [1.165, 1.54) is 28.5 Å². The number of ketones is 1. The standard InChI is InChI=1S/C27H24N2O3S/c1-32-14-6-13-29-26(31)22-9-4-5-10-24(22)28-27(29)33-17-25(30)20-12-11-19-15-18-7-2-3-8-21(18)23(19)16-20/h2-5,7-12,16H,6,13-15,17H2,1H3. The Bertz CT molecular complexity index is 1410. The van der Waals surface area contributed by atoms with Crippen LogP contribution in [0.1, 0.15) is 27.9 Å². The number of aromatic nitrogens is 2. The Hall–Kier alpha value is -3.22. The molecule has 0 amide bonds. The first-order valence-corrected chi connectivity index (χ1v) is 12.0. The fourth-order valence-corrected chi connectivity index (χ4v) is 5.25. The second kappa shape index (κ2) is 9.33. The van der Waals surface area contributed by atoms with Crippen LogP contribution in [0, 0.1) is 0 Å². The van der Waals surface area contributed by atoms with Crippen LogP contribution in [0.4, 0.5) is 0 Å². The van der Waals surface area contributed by atoms with Crippen LogP contribution in [-0.2, 0) is 17.7 Å². The molecule has 5 rings (SSSR count). The van der Waals surface area contributed by atoms with Gasteiger partial charge in [-0.05, 0) is 53.3 Å². The first kappa shape index (κ1) is 21.6. The van der Waals surface area contributed by atoms with Gasteiger partial charge in [-0.2, -0.15) is 0 Å². The van der Waals surface area contributed by atoms with Crippen LogP contribution in [0.15, 0.2) is 76.7 Å². The minimum atomic E-state index is -0.0826. The van der Waals surface area contributed by atoms with Gasteiger partial charge < -0.3 is 4.74 Å². The second-order valence-corrected chi connectivity index (χ2v) is 9.07. The number of hydrogen-bond donors (Lipinski definition) is 0. The lowest BCUT2D eigenvalue weighted by Gasteiger charge is -2.13. The van der Waals surface area contributed by atoms with Crippen LogP contribution >= 0.6 is 11.8 Å². The third kappa shape index (κ3) is 4.24. The van der Waals surface area contributed by atoms with Gasteiger partial charge in [0.25, 0.3) is 5.56 Å². The zero-order valence-corrected chi connectivity index (χ0v) is 19.2. The Morgan fingerprint density at radius 2 is 1.82 bits per heavy atom. The monoisotopic (exact) mass is 456 g/mol. The highest BCUT2D eigenvalue weighted by Gasteiger charge is 2.20. The number of para-hydroxylation sites is 1. The van der Waals surface area contributed by atoms with Gasteiger partial charge in [-0.3, -0.25) is 14.2 Å². The van der Waals surface area contributed by atoms with E-state index in [2.05, 4.69) is 24.3 Å². The number of Topliss-reactive ketones (excluding diaryl/α,β-unsaturated/α-hetero) is 1. The van der Waals surface area contributed by atoms with Crippen molar-refractivity contribution in [3.05, 3.63) is 93.8 Å². The minimum absolute atomic E-state index is 0.0260. The number of thioether (sulfide) groups is 1. The molecule has 0 bridgehead atoms. The molecule has 0 radical (unpaired) electrons. The van der Waals surface area contributed by atoms with Crippen molar-refractivity contribution in [3.8, 4) is 11.1 Å². The summed E-state index contributed by atoms with van der Waals surface area (Å²) in [7, 11) is 1.64. The number of hydrogen-bond acceptors (Lipinski definition) is 5. The number of nitrogens with zero attached hydrogens (tertiary/aromatic N) is 2. The van der Waals surface area contributed by atoms with Crippen molar-refractivity contribution in [1.29, 1.82) is 0 Å². The van der Waals surface area contributed by atoms with Crippen LogP contribution in [0.25, 0.3) is 22.0 Å². The van der Waals surface area contributed by atoms with Crippen LogP contribution in [-0.4, -0.2) is 34.8 Å². The van der Waals surface area contributed by atoms with Gasteiger partial charge in [-0.25, -0.2) is 4.98 Å². The smallest absolute Gasteiger partial charge is 0.262 e. The largest absolute Gasteiger partial charge is 0.385 e. The van der Waals surface area contributed by atoms with Gasteiger partial charge >= 0.3 is 0 Å². The van der Waals surface area contributed by atoms with Crippen molar-refractivity contribution in [2.75, 3.05) is 19.5 Å². The molecular weight excluding hydrogens is 432 g/mol. The highest BCUT2D eigenvalue weighted by atomic mass is 32.2. The Kier molecular flexibility index (Phi) is 6.11. The second-order valence-electron chi connectivity index (χ2n) is 8.13. The SMILES string of the molecule is COCCCn1c(SCC(=O)c2ccc3c(c2)-c2ccccc2C3)nc2ccccc2c1=O. The number of benzene rings is 3. The van der Waals surface area contributed by atoms with E-state index in [0.29, 0.717) is 41.2 Å². The van der Waals surface area contributed by atoms with Crippen LogP contribution < -0.4 is 5.56 Å². The van der Waals surface area contributed by atoms with Crippen molar-refractivity contribution >= 4 is 28.4 Å². The summed E-state index contributed by atoms with van der Waals surface area (Å²) < 4.78 is 6.82. The Morgan fingerprint density at radius 3 is 2.70 bits per heavy atom. The molecule has 0 unspecified atom stereocenters. The van der Waals surface area contributed by atoms with E-state index in [4.69, 9.17) is 9.72 Å². The van der Waals surface area contributed by atoms with E-state index < -0.39 is 0 Å². The first-order chi connectivity index (χ1) is 16.2. The predicted octanol–water partition coefficient (Wildman–Crippen LogP) is 4.98. The molecular formula is C27H24N2O3S. The van der Waals surface area contributed by atoms with Crippen molar-refractivity contribution < 1.29 is 9.53 Å². The number of methoxy groups -OCH3 is 1. The number of carbonyl (C=O) groups is 1. The van der Waals surface area contributed by atoms with Gasteiger partial charge in [-0.1, -0.05) is 60.3 Å². The van der Waals surface area contributed by atoms with Crippen molar-refractivity contribution in [2.24, 2.45) is 0 Å². The molecule has 1 aliphatic rings. The molecule has 5 nitrogen and oxygen atoms in total. The molecule has 0 fully saturated rings. The molecule has 33 heavy (non-hydrogen) atoms. The Balaban J connectivity index is 1.40. The van der Waals surface area contributed by atoms with Gasteiger partial charge in [0.2, 0.25) is 0 Å². The summed E-state index contributed by atoms with van der Waals surface area (Å²) in [6.45, 7) is 1.05. The highest BCUT2D eigenvalue weighted by Crippen LogP contribution is 2.37. The van der Waals surface area contributed by atoms with Gasteiger partial charge in [0.1, 0.15) is 0 Å². The molecule has 6 heteroatoms. The third-order valence-electron chi connectivity index (χ3n) is 6.01. The average molecular weight is 457 g/mol. The molecule has 0 saturated heterocycles. The summed E-state index contributed by atoms with van der Waals surface area (Å²) in [6, 6.07) is 21.6. The molecule has 0 atom stereocenters. The summed E-state index contributed by atoms with van der Waals surface area (Å²) in [4.78, 5) is 30.9. The number of rotatable bonds is 8. The van der Waals surface area contributed by atoms with Crippen molar-refractivity contribution in [3.63, 3.8) is 0 Å². The van der Waals surface area contributed by atoms with Crippen LogP contribution in [0.3, 0.4) is 0 Å². The number of carbonyl (C=O) groups excluding carboxylic acids is 1. The topological polar surface area (TPSA) is 61.2 Å². The Morgan fingerprint density at radius 1 is 1.03 bits per heavy atom. The fourth-order valence-electron chi connectivity index (χ4n) is 4.33. The molecule has 1 aliphatic carbocycles. The van der Waals surface area contributed by atoms with Crippen LogP contribution in [0.2, 0.25) is 0 Å². The molecule has 166 valence electrons. The van der Waals surface area contributed by atoms with Gasteiger partial charge in [0.05, 0.1) is 16.7 Å². The minimum Gasteiger partial charge on any atom is -0.385 e. The molecule has 0 N–H and O–H groups in total. The summed E-state index contributed by atoms with van der Waals surface area (Å²) in [5.74, 6) is 0.244. The molecule has 3 aromatic carbocycles. The summed E-state index contributed by atoms with van der Waals surface area (Å²) in [5.41, 5.74) is 6.15. The molecule has 1 heterocycles. The van der Waals surface area contributed by atoms with E-state index >= 15 is 0 Å². The van der Waals surface area contributed by atoms with Gasteiger partial charge in [0, 0.05) is 25.8 Å². The number of fused-ring (bicyclic) bond motifs is 4. The van der Waals surface area contributed by atoms with Gasteiger partial charge in [-0.15, -0.1) is 0 Å². The number of ether oxygens (including phenoxy) is 1. The lowest BCUT2D eigenvalue weighted by Crippen LogP contribution is -2.24. The lowest BCUT2D eigenvalue weighted by atomic mass is 10.0. The van der Waals surface area contributed by atoms with Crippen LogP contribution in [0.5, 0.6) is 0 Å². The van der Waals surface area contributed by atoms with E-state index in [0.717, 1.165) is 12.0 Å². The van der Waals surface area contributed by atoms with E-state index in [1.54, 1.807) is 17.7 Å². The third-order valence-corrected chi connectivity index (χ3v) is 6.99. The quantitative estimate of drug-likeness (QED) is 0.143. The van der Waals surface area contributed by atoms with E-state index in [9.17, 15) is 9.59 Å². The fraction of sp³-hybridized carbons (Fsp3) is 0.222.